The number of carbonyl (C=O) groups is 6. The minimum Gasteiger partial charge on any atom is -0.505 e. The second-order valence-electron chi connectivity index (χ2n) is 10.9. The van der Waals surface area contributed by atoms with Gasteiger partial charge < -0.3 is 31.5 Å². The summed E-state index contributed by atoms with van der Waals surface area (Å²) in [5.41, 5.74) is 2.97. The molecular weight excluding hydrogens is 539 g/mol. The van der Waals surface area contributed by atoms with Gasteiger partial charge in [-0.3, -0.25) is 24.0 Å². The molecule has 12 nitrogen and oxygen atoms in total. The molecule has 5 atom stereocenters. The summed E-state index contributed by atoms with van der Waals surface area (Å²) < 4.78 is 13.5. The fourth-order valence-corrected chi connectivity index (χ4v) is 6.36. The predicted molar refractivity (Wildman–Crippen MR) is 142 cm³/mol. The Morgan fingerprint density at radius 2 is 1.78 bits per heavy atom. The zero-order chi connectivity index (χ0) is 30.0. The number of urea groups is 1. The largest absolute Gasteiger partial charge is 0.505 e. The SMILES string of the molecule is CN(C)c1cc(NC(=O)Nc2cccc(F)c2)c(O)c2c1C[C@H]1C[C@H]3CC(=O)C(C(N)=O)C(=O)[C@@]3(O)C(=O)C1C2=O. The summed E-state index contributed by atoms with van der Waals surface area (Å²) in [6.07, 6.45) is -0.381. The summed E-state index contributed by atoms with van der Waals surface area (Å²) in [7, 11) is 3.35. The maximum Gasteiger partial charge on any atom is 0.323 e. The van der Waals surface area contributed by atoms with Crippen LogP contribution in [0.3, 0.4) is 0 Å². The fourth-order valence-electron chi connectivity index (χ4n) is 6.36. The van der Waals surface area contributed by atoms with Gasteiger partial charge >= 0.3 is 6.03 Å². The minimum atomic E-state index is -2.76. The van der Waals surface area contributed by atoms with E-state index in [1.165, 1.54) is 24.3 Å². The van der Waals surface area contributed by atoms with E-state index in [9.17, 15) is 43.4 Å². The fraction of sp³-hybridized carbons (Fsp3) is 0.357. The Bertz CT molecular complexity index is 1560. The van der Waals surface area contributed by atoms with Crippen molar-refractivity contribution in [1.82, 2.24) is 0 Å². The van der Waals surface area contributed by atoms with E-state index >= 15 is 0 Å². The molecule has 2 unspecified atom stereocenters. The first kappa shape index (κ1) is 27.9. The summed E-state index contributed by atoms with van der Waals surface area (Å²) in [5, 5.41) is 27.3. The van der Waals surface area contributed by atoms with Crippen molar-refractivity contribution in [2.45, 2.75) is 24.9 Å². The lowest BCUT2D eigenvalue weighted by molar-refractivity contribution is -0.175. The van der Waals surface area contributed by atoms with Gasteiger partial charge in [0.05, 0.1) is 17.2 Å². The van der Waals surface area contributed by atoms with Gasteiger partial charge in [0.2, 0.25) is 5.91 Å². The molecular formula is C28H27FN4O8. The van der Waals surface area contributed by atoms with E-state index in [0.717, 1.165) is 6.07 Å². The summed E-state index contributed by atoms with van der Waals surface area (Å²) in [5.74, 6) is -12.0. The van der Waals surface area contributed by atoms with E-state index in [4.69, 9.17) is 5.73 Å². The Hall–Kier alpha value is -4.65. The number of aromatic hydroxyl groups is 1. The number of nitrogens with zero attached hydrogens (tertiary/aromatic N) is 1. The second-order valence-corrected chi connectivity index (χ2v) is 10.9. The van der Waals surface area contributed by atoms with Crippen LogP contribution in [-0.4, -0.2) is 65.0 Å². The number of ketones is 4. The van der Waals surface area contributed by atoms with Crippen LogP contribution >= 0.6 is 0 Å². The average molecular weight is 567 g/mol. The topological polar surface area (TPSA) is 196 Å². The van der Waals surface area contributed by atoms with Crippen molar-refractivity contribution in [1.29, 1.82) is 0 Å². The monoisotopic (exact) mass is 566 g/mol. The summed E-state index contributed by atoms with van der Waals surface area (Å²) in [4.78, 5) is 79.3. The van der Waals surface area contributed by atoms with Crippen LogP contribution in [0.2, 0.25) is 0 Å². The summed E-state index contributed by atoms with van der Waals surface area (Å²) >= 11 is 0. The lowest BCUT2D eigenvalue weighted by atomic mass is 9.53. The number of amides is 3. The Kier molecular flexibility index (Phi) is 6.65. The summed E-state index contributed by atoms with van der Waals surface area (Å²) in [6, 6.07) is 5.70. The number of carbonyl (C=O) groups excluding carboxylic acids is 6. The van der Waals surface area contributed by atoms with Gasteiger partial charge in [-0.2, -0.15) is 0 Å². The minimum absolute atomic E-state index is 0.0370. The highest BCUT2D eigenvalue weighted by atomic mass is 19.1. The molecule has 3 aliphatic carbocycles. The highest BCUT2D eigenvalue weighted by Gasteiger charge is 2.66. The molecule has 0 saturated heterocycles. The van der Waals surface area contributed by atoms with Gasteiger partial charge in [0.15, 0.2) is 34.7 Å². The van der Waals surface area contributed by atoms with Gasteiger partial charge in [-0.15, -0.1) is 0 Å². The Balaban J connectivity index is 1.53. The number of nitrogens with two attached hydrogens (primary N) is 1. The second kappa shape index (κ2) is 9.77. The van der Waals surface area contributed by atoms with Gasteiger partial charge in [0.25, 0.3) is 0 Å². The van der Waals surface area contributed by atoms with Crippen molar-refractivity contribution >= 4 is 52.1 Å². The molecule has 214 valence electrons. The molecule has 3 aliphatic rings. The third kappa shape index (κ3) is 4.32. The van der Waals surface area contributed by atoms with E-state index in [-0.39, 0.29) is 29.8 Å². The van der Waals surface area contributed by atoms with Crippen LogP contribution in [0.25, 0.3) is 0 Å². The first-order valence-corrected chi connectivity index (χ1v) is 12.8. The van der Waals surface area contributed by atoms with Crippen LogP contribution in [-0.2, 0) is 25.6 Å². The van der Waals surface area contributed by atoms with Crippen molar-refractivity contribution in [3.8, 4) is 5.75 Å². The van der Waals surface area contributed by atoms with Crippen molar-refractivity contribution < 1.29 is 43.4 Å². The van der Waals surface area contributed by atoms with Crippen LogP contribution in [0.15, 0.2) is 30.3 Å². The summed E-state index contributed by atoms with van der Waals surface area (Å²) in [6.45, 7) is 0. The lowest BCUT2D eigenvalue weighted by Crippen LogP contribution is -2.68. The quantitative estimate of drug-likeness (QED) is 0.267. The van der Waals surface area contributed by atoms with Crippen molar-refractivity contribution in [2.75, 3.05) is 29.6 Å². The molecule has 0 aromatic heterocycles. The molecule has 2 saturated carbocycles. The van der Waals surface area contributed by atoms with Crippen LogP contribution in [0, 0.1) is 29.5 Å². The Morgan fingerprint density at radius 3 is 2.41 bits per heavy atom. The van der Waals surface area contributed by atoms with E-state index in [1.54, 1.807) is 19.0 Å². The van der Waals surface area contributed by atoms with Crippen LogP contribution < -0.4 is 21.3 Å². The van der Waals surface area contributed by atoms with Gasteiger partial charge in [-0.1, -0.05) is 6.07 Å². The number of fused-ring (bicyclic) bond motifs is 3. The molecule has 0 radical (unpaired) electrons. The molecule has 0 aliphatic heterocycles. The number of nitrogens with one attached hydrogen (secondary N) is 2. The smallest absolute Gasteiger partial charge is 0.323 e. The van der Waals surface area contributed by atoms with E-state index in [1.807, 2.05) is 0 Å². The predicted octanol–water partition coefficient (Wildman–Crippen LogP) is 1.18. The molecule has 41 heavy (non-hydrogen) atoms. The number of halogens is 1. The molecule has 5 rings (SSSR count). The molecule has 0 bridgehead atoms. The number of phenolic OH excluding ortho intramolecular Hbond substituents is 1. The lowest BCUT2D eigenvalue weighted by Gasteiger charge is -2.48. The van der Waals surface area contributed by atoms with E-state index in [2.05, 4.69) is 10.6 Å². The maximum absolute atomic E-state index is 13.9. The van der Waals surface area contributed by atoms with Crippen molar-refractivity contribution in [3.63, 3.8) is 0 Å². The Morgan fingerprint density at radius 1 is 1.07 bits per heavy atom. The third-order valence-corrected chi connectivity index (χ3v) is 8.19. The maximum atomic E-state index is 13.9. The number of hydrogen-bond donors (Lipinski definition) is 5. The first-order valence-electron chi connectivity index (χ1n) is 12.8. The number of aliphatic hydroxyl groups is 1. The number of primary amides is 1. The normalized spacial score (nSPS) is 26.9. The van der Waals surface area contributed by atoms with Crippen molar-refractivity contribution in [2.24, 2.45) is 29.4 Å². The zero-order valence-corrected chi connectivity index (χ0v) is 22.1. The standard InChI is InChI=1S/C28H27FN4O8/c1-33(2)17-10-16(32-27(40)31-14-5-3-4-13(29)9-14)22(35)20-15(17)7-11-6-12-8-18(34)21(26(30)39)25(38)28(12,41)24(37)19(11)23(20)36/h3-5,9-12,19,21,35,41H,6-8H2,1-2H3,(H2,30,39)(H2,31,32,40)/t11-,12+,19?,21?,28+/m1/s1. The van der Waals surface area contributed by atoms with Gasteiger partial charge in [-0.05, 0) is 48.6 Å². The van der Waals surface area contributed by atoms with Crippen LogP contribution in [0.5, 0.6) is 5.75 Å². The van der Waals surface area contributed by atoms with E-state index < -0.39 is 82.3 Å². The molecule has 0 heterocycles. The highest BCUT2D eigenvalue weighted by Crippen LogP contribution is 2.52. The van der Waals surface area contributed by atoms with Crippen LogP contribution in [0.1, 0.15) is 28.8 Å². The molecule has 2 aromatic rings. The molecule has 0 spiro atoms. The molecule has 2 fully saturated rings. The average Bonchev–Trinajstić information content (AvgIpc) is 2.87. The van der Waals surface area contributed by atoms with Gasteiger partial charge in [0, 0.05) is 37.8 Å². The number of anilines is 3. The zero-order valence-electron chi connectivity index (χ0n) is 22.1. The molecule has 3 amide bonds. The molecule has 13 heteroatoms. The van der Waals surface area contributed by atoms with Crippen LogP contribution in [0.4, 0.5) is 26.2 Å². The number of phenols is 1. The van der Waals surface area contributed by atoms with Gasteiger partial charge in [-0.25, -0.2) is 9.18 Å². The number of benzene rings is 2. The number of rotatable bonds is 4. The first-order chi connectivity index (χ1) is 19.2. The third-order valence-electron chi connectivity index (χ3n) is 8.19. The molecule has 6 N–H and O–H groups in total. The molecule has 2 aromatic carbocycles. The number of hydrogen-bond acceptors (Lipinski definition) is 9. The number of Topliss-reactive ketones (excluding diaryl/α,β-unsaturated/α-hetero) is 4. The highest BCUT2D eigenvalue weighted by molar-refractivity contribution is 6.31. The van der Waals surface area contributed by atoms with Gasteiger partial charge in [0.1, 0.15) is 11.6 Å². The van der Waals surface area contributed by atoms with Crippen molar-refractivity contribution in [3.05, 3.63) is 47.3 Å². The van der Waals surface area contributed by atoms with E-state index in [0.29, 0.717) is 11.3 Å². The Labute approximate surface area is 232 Å².